The number of amides is 2. The highest BCUT2D eigenvalue weighted by molar-refractivity contribution is 6.25. The van der Waals surface area contributed by atoms with Crippen molar-refractivity contribution >= 4 is 34.9 Å². The molecule has 4 atom stereocenters. The Bertz CT molecular complexity index is 1620. The van der Waals surface area contributed by atoms with E-state index in [-0.39, 0.29) is 47.1 Å². The van der Waals surface area contributed by atoms with Crippen molar-refractivity contribution in [1.82, 2.24) is 0 Å². The lowest BCUT2D eigenvalue weighted by atomic mass is 9.59. The highest BCUT2D eigenvalue weighted by Crippen LogP contribution is 2.55. The van der Waals surface area contributed by atoms with Crippen LogP contribution in [0.5, 0.6) is 11.5 Å². The van der Waals surface area contributed by atoms with Gasteiger partial charge in [0, 0.05) is 28.2 Å². The number of hydrogen-bond acceptors (Lipinski definition) is 7. The minimum absolute atomic E-state index is 0.0599. The van der Waals surface area contributed by atoms with E-state index in [1.54, 1.807) is 43.3 Å². The summed E-state index contributed by atoms with van der Waals surface area (Å²) >= 11 is 0. The van der Waals surface area contributed by atoms with Crippen molar-refractivity contribution < 1.29 is 33.8 Å². The van der Waals surface area contributed by atoms with Crippen LogP contribution in [0, 0.1) is 17.8 Å². The van der Waals surface area contributed by atoms with Gasteiger partial charge in [-0.25, -0.2) is 0 Å². The van der Waals surface area contributed by atoms with Gasteiger partial charge in [-0.3, -0.25) is 28.9 Å². The number of hydrogen-bond donors (Lipinski definition) is 1. The predicted octanol–water partition coefficient (Wildman–Crippen LogP) is 4.24. The van der Waals surface area contributed by atoms with Crippen LogP contribution in [0.15, 0.2) is 76.9 Å². The lowest BCUT2D eigenvalue weighted by molar-refractivity contribution is -0.123. The average molecular weight is 538 g/mol. The molecule has 0 saturated carbocycles. The number of benzene rings is 2. The standard InChI is InChI=1S/C32H27NO7/c1-15-12-25(36)29-23(30(15)37)14-22-20(27(29)18-6-11-24(35)26(13-18)40-3)9-10-21-28(22)32(39)33(31(21)38)19-7-4-17(5-8-19)16(2)34/h4-9,11-13,21-22,27-28,35H,10,14H2,1-3H3. The second kappa shape index (κ2) is 9.26. The molecule has 4 unspecified atom stereocenters. The van der Waals surface area contributed by atoms with Gasteiger partial charge in [-0.1, -0.05) is 17.7 Å². The van der Waals surface area contributed by atoms with Gasteiger partial charge >= 0.3 is 0 Å². The number of nitrogens with zero attached hydrogens (tertiary/aromatic N) is 1. The van der Waals surface area contributed by atoms with E-state index in [0.29, 0.717) is 40.0 Å². The zero-order valence-corrected chi connectivity index (χ0v) is 22.3. The molecule has 0 aromatic heterocycles. The Morgan fingerprint density at radius 2 is 1.73 bits per heavy atom. The first kappa shape index (κ1) is 25.7. The lowest BCUT2D eigenvalue weighted by Crippen LogP contribution is -2.39. The molecule has 1 aliphatic heterocycles. The van der Waals surface area contributed by atoms with E-state index >= 15 is 0 Å². The van der Waals surface area contributed by atoms with Gasteiger partial charge in [0.05, 0.1) is 24.6 Å². The maximum absolute atomic E-state index is 14.0. The quantitative estimate of drug-likeness (QED) is 0.268. The third-order valence-electron chi connectivity index (χ3n) is 8.63. The monoisotopic (exact) mass is 537 g/mol. The van der Waals surface area contributed by atoms with E-state index in [2.05, 4.69) is 0 Å². The van der Waals surface area contributed by atoms with Crippen LogP contribution < -0.4 is 9.64 Å². The van der Waals surface area contributed by atoms with Crippen LogP contribution in [0.25, 0.3) is 0 Å². The maximum Gasteiger partial charge on any atom is 0.238 e. The molecule has 3 aliphatic carbocycles. The zero-order chi connectivity index (χ0) is 28.5. The Balaban J connectivity index is 1.46. The number of aromatic hydroxyl groups is 1. The number of anilines is 1. The summed E-state index contributed by atoms with van der Waals surface area (Å²) in [5, 5.41) is 10.2. The average Bonchev–Trinajstić information content (AvgIpc) is 3.20. The number of ketones is 3. The number of Topliss-reactive ketones (excluding diaryl/α,β-unsaturated/α-hetero) is 2. The summed E-state index contributed by atoms with van der Waals surface area (Å²) in [4.78, 5) is 67.2. The normalized spacial score (nSPS) is 25.7. The Kier molecular flexibility index (Phi) is 5.94. The van der Waals surface area contributed by atoms with E-state index in [1.165, 1.54) is 31.1 Å². The Labute approximate surface area is 230 Å². The number of fused-ring (bicyclic) bond motifs is 3. The summed E-state index contributed by atoms with van der Waals surface area (Å²) in [5.41, 5.74) is 3.43. The first-order chi connectivity index (χ1) is 19.1. The second-order valence-corrected chi connectivity index (χ2v) is 10.8. The Hall–Kier alpha value is -4.59. The molecule has 2 amide bonds. The van der Waals surface area contributed by atoms with Gasteiger partial charge in [-0.05, 0) is 80.6 Å². The van der Waals surface area contributed by atoms with Crippen LogP contribution in [-0.4, -0.2) is 41.4 Å². The number of rotatable bonds is 4. The van der Waals surface area contributed by atoms with E-state index in [9.17, 15) is 29.1 Å². The summed E-state index contributed by atoms with van der Waals surface area (Å²) in [6, 6.07) is 11.2. The molecule has 8 nitrogen and oxygen atoms in total. The molecule has 2 aromatic rings. The molecule has 4 aliphatic rings. The highest BCUT2D eigenvalue weighted by Gasteiger charge is 2.56. The van der Waals surface area contributed by atoms with Crippen LogP contribution >= 0.6 is 0 Å². The molecule has 0 radical (unpaired) electrons. The van der Waals surface area contributed by atoms with Crippen molar-refractivity contribution in [1.29, 1.82) is 0 Å². The molecular weight excluding hydrogens is 510 g/mol. The molecule has 40 heavy (non-hydrogen) atoms. The van der Waals surface area contributed by atoms with E-state index in [4.69, 9.17) is 4.74 Å². The minimum atomic E-state index is -0.704. The molecule has 1 fully saturated rings. The van der Waals surface area contributed by atoms with Crippen LogP contribution in [0.2, 0.25) is 0 Å². The fourth-order valence-corrected chi connectivity index (χ4v) is 6.73. The number of phenolic OH excluding ortho intramolecular Hbond substituents is 1. The van der Waals surface area contributed by atoms with Gasteiger partial charge < -0.3 is 9.84 Å². The number of imide groups is 1. The van der Waals surface area contributed by atoms with Crippen LogP contribution in [0.3, 0.4) is 0 Å². The number of ether oxygens (including phenoxy) is 1. The van der Waals surface area contributed by atoms with E-state index in [1.807, 2.05) is 6.08 Å². The molecule has 202 valence electrons. The number of phenols is 1. The van der Waals surface area contributed by atoms with Crippen molar-refractivity contribution in [2.45, 2.75) is 32.6 Å². The predicted molar refractivity (Wildman–Crippen MR) is 145 cm³/mol. The van der Waals surface area contributed by atoms with Crippen molar-refractivity contribution in [3.63, 3.8) is 0 Å². The number of carbonyl (C=O) groups excluding carboxylic acids is 5. The van der Waals surface area contributed by atoms with E-state index in [0.717, 1.165) is 5.57 Å². The Morgan fingerprint density at radius 3 is 2.40 bits per heavy atom. The Morgan fingerprint density at radius 1 is 1.00 bits per heavy atom. The van der Waals surface area contributed by atoms with Crippen LogP contribution in [0.4, 0.5) is 5.69 Å². The van der Waals surface area contributed by atoms with Crippen LogP contribution in [-0.2, 0) is 19.2 Å². The summed E-state index contributed by atoms with van der Waals surface area (Å²) < 4.78 is 5.32. The highest BCUT2D eigenvalue weighted by atomic mass is 16.5. The third kappa shape index (κ3) is 3.70. The summed E-state index contributed by atoms with van der Waals surface area (Å²) in [6.07, 6.45) is 3.79. The number of allylic oxidation sites excluding steroid dienone is 6. The third-order valence-corrected chi connectivity index (χ3v) is 8.63. The summed E-state index contributed by atoms with van der Waals surface area (Å²) in [5.74, 6) is -3.51. The molecule has 1 saturated heterocycles. The largest absolute Gasteiger partial charge is 0.504 e. The van der Waals surface area contributed by atoms with Crippen molar-refractivity contribution in [3.05, 3.63) is 88.0 Å². The summed E-state index contributed by atoms with van der Waals surface area (Å²) in [6.45, 7) is 3.05. The van der Waals surface area contributed by atoms with Crippen molar-refractivity contribution in [2.24, 2.45) is 17.8 Å². The first-order valence-electron chi connectivity index (χ1n) is 13.2. The van der Waals surface area contributed by atoms with Crippen molar-refractivity contribution in [2.75, 3.05) is 12.0 Å². The molecular formula is C32H27NO7. The van der Waals surface area contributed by atoms with Gasteiger partial charge in [-0.2, -0.15) is 0 Å². The summed E-state index contributed by atoms with van der Waals surface area (Å²) in [7, 11) is 1.43. The van der Waals surface area contributed by atoms with Gasteiger partial charge in [0.25, 0.3) is 0 Å². The van der Waals surface area contributed by atoms with Gasteiger partial charge in [-0.15, -0.1) is 0 Å². The molecule has 1 N–H and O–H groups in total. The number of methoxy groups -OCH3 is 1. The SMILES string of the molecule is COc1cc(C2C3=CCC4C(=O)N(c5ccc(C(C)=O)cc5)C(=O)C4C3CC3=C2C(=O)C=C(C)C3=O)ccc1O. The molecule has 8 heteroatoms. The molecule has 6 rings (SSSR count). The molecule has 1 heterocycles. The molecule has 0 spiro atoms. The fourth-order valence-electron chi connectivity index (χ4n) is 6.73. The first-order valence-corrected chi connectivity index (χ1v) is 13.2. The second-order valence-electron chi connectivity index (χ2n) is 10.8. The van der Waals surface area contributed by atoms with Crippen molar-refractivity contribution in [3.8, 4) is 11.5 Å². The van der Waals surface area contributed by atoms with Gasteiger partial charge in [0.1, 0.15) is 0 Å². The van der Waals surface area contributed by atoms with Gasteiger partial charge in [0.15, 0.2) is 28.8 Å². The molecule has 0 bridgehead atoms. The van der Waals surface area contributed by atoms with E-state index < -0.39 is 23.7 Å². The fraction of sp³-hybridized carbons (Fsp3) is 0.281. The molecule has 2 aromatic carbocycles. The topological polar surface area (TPSA) is 118 Å². The lowest BCUT2D eigenvalue weighted by Gasteiger charge is -2.42. The maximum atomic E-state index is 14.0. The van der Waals surface area contributed by atoms with Gasteiger partial charge in [0.2, 0.25) is 11.8 Å². The smallest absolute Gasteiger partial charge is 0.238 e. The zero-order valence-electron chi connectivity index (χ0n) is 22.3. The number of carbonyl (C=O) groups is 5. The van der Waals surface area contributed by atoms with Crippen LogP contribution in [0.1, 0.15) is 48.5 Å². The minimum Gasteiger partial charge on any atom is -0.504 e.